The van der Waals surface area contributed by atoms with Crippen LogP contribution in [0.3, 0.4) is 0 Å². The Hall–Kier alpha value is -3.21. The molecular weight excluding hydrogens is 508 g/mol. The van der Waals surface area contributed by atoms with Gasteiger partial charge in [-0.05, 0) is 77.9 Å². The molecule has 3 N–H and O–H groups in total. The van der Waals surface area contributed by atoms with Gasteiger partial charge in [0.25, 0.3) is 0 Å². The van der Waals surface area contributed by atoms with Crippen molar-refractivity contribution in [3.63, 3.8) is 0 Å². The molecule has 4 aromatic rings. The normalized spacial score (nSPS) is 15.8. The second-order valence-electron chi connectivity index (χ2n) is 9.79. The molecule has 2 aromatic heterocycles. The molecule has 8 nitrogen and oxygen atoms in total. The van der Waals surface area contributed by atoms with E-state index in [1.807, 2.05) is 30.3 Å². The molecule has 5 rings (SSSR count). The van der Waals surface area contributed by atoms with Crippen LogP contribution < -0.4 is 5.73 Å². The fraction of sp³-hybridized carbons (Fsp3) is 0.296. The summed E-state index contributed by atoms with van der Waals surface area (Å²) in [4.78, 5) is 8.31. The predicted octanol–water partition coefficient (Wildman–Crippen LogP) is 3.95. The molecule has 0 amide bonds. The van der Waals surface area contributed by atoms with Gasteiger partial charge in [-0.1, -0.05) is 18.2 Å². The minimum atomic E-state index is -3.30. The Labute approximate surface area is 217 Å². The van der Waals surface area contributed by atoms with E-state index in [2.05, 4.69) is 16.0 Å². The third kappa shape index (κ3) is 5.41. The van der Waals surface area contributed by atoms with Crippen LogP contribution >= 0.6 is 0 Å². The molecule has 0 spiro atoms. The lowest BCUT2D eigenvalue weighted by Gasteiger charge is -2.29. The Morgan fingerprint density at radius 2 is 1.73 bits per heavy atom. The van der Waals surface area contributed by atoms with Crippen LogP contribution in [-0.2, 0) is 26.3 Å². The third-order valence-electron chi connectivity index (χ3n) is 7.06. The van der Waals surface area contributed by atoms with Crippen LogP contribution in [0.25, 0.3) is 22.2 Å². The highest BCUT2D eigenvalue weighted by Gasteiger charge is 2.27. The number of sulfone groups is 1. The molecule has 0 unspecified atom stereocenters. The lowest BCUT2D eigenvalue weighted by molar-refractivity contribution is 0.319. The van der Waals surface area contributed by atoms with Crippen molar-refractivity contribution in [3.05, 3.63) is 77.6 Å². The van der Waals surface area contributed by atoms with Gasteiger partial charge in [-0.3, -0.25) is 0 Å². The Bertz CT molecular complexity index is 1690. The van der Waals surface area contributed by atoms with E-state index in [0.717, 1.165) is 51.8 Å². The summed E-state index contributed by atoms with van der Waals surface area (Å²) in [5, 5.41) is 0.972. The molecule has 1 fully saturated rings. The molecule has 2 aromatic carbocycles. The molecule has 0 radical (unpaired) electrons. The first kappa shape index (κ1) is 25.4. The largest absolute Gasteiger partial charge is 0.399 e. The molecule has 194 valence electrons. The number of H-pyrrole nitrogens is 1. The van der Waals surface area contributed by atoms with Gasteiger partial charge in [0.2, 0.25) is 10.0 Å². The summed E-state index contributed by atoms with van der Waals surface area (Å²) >= 11 is 0. The number of benzene rings is 2. The summed E-state index contributed by atoms with van der Waals surface area (Å²) in [5.41, 5.74) is 12.5. The predicted molar refractivity (Wildman–Crippen MR) is 147 cm³/mol. The first-order valence-electron chi connectivity index (χ1n) is 12.1. The lowest BCUT2D eigenvalue weighted by Crippen LogP contribution is -2.37. The van der Waals surface area contributed by atoms with Gasteiger partial charge >= 0.3 is 0 Å². The number of anilines is 1. The van der Waals surface area contributed by atoms with Crippen molar-refractivity contribution < 1.29 is 16.8 Å². The number of piperidine rings is 1. The van der Waals surface area contributed by atoms with Crippen molar-refractivity contribution in [2.45, 2.75) is 30.1 Å². The van der Waals surface area contributed by atoms with Gasteiger partial charge in [0.1, 0.15) is 5.65 Å². The molecular formula is C27H30N4O4S2. The minimum Gasteiger partial charge on any atom is -0.399 e. The van der Waals surface area contributed by atoms with Crippen LogP contribution in [0.5, 0.6) is 0 Å². The highest BCUT2D eigenvalue weighted by Crippen LogP contribution is 2.36. The highest BCUT2D eigenvalue weighted by molar-refractivity contribution is 7.90. The number of fused-ring (bicyclic) bond motifs is 1. The van der Waals surface area contributed by atoms with Crippen LogP contribution in [0.15, 0.2) is 65.7 Å². The maximum Gasteiger partial charge on any atom is 0.211 e. The maximum atomic E-state index is 12.1. The van der Waals surface area contributed by atoms with Crippen molar-refractivity contribution in [3.8, 4) is 11.1 Å². The van der Waals surface area contributed by atoms with Gasteiger partial charge in [0.15, 0.2) is 9.84 Å². The van der Waals surface area contributed by atoms with Crippen molar-refractivity contribution >= 4 is 36.6 Å². The van der Waals surface area contributed by atoms with Crippen molar-refractivity contribution in [1.82, 2.24) is 14.3 Å². The van der Waals surface area contributed by atoms with E-state index < -0.39 is 19.9 Å². The third-order valence-corrected chi connectivity index (χ3v) is 9.47. The number of aromatic amines is 1. The number of hydrogen-bond donors (Lipinski definition) is 2. The molecule has 10 heteroatoms. The molecule has 1 aliphatic heterocycles. The number of sulfonamides is 1. The number of hydrogen-bond acceptors (Lipinski definition) is 6. The molecule has 0 saturated carbocycles. The number of nitrogens with one attached hydrogen (secondary N) is 1. The smallest absolute Gasteiger partial charge is 0.211 e. The average Bonchev–Trinajstić information content (AvgIpc) is 3.29. The Kier molecular flexibility index (Phi) is 6.59. The van der Waals surface area contributed by atoms with Crippen molar-refractivity contribution in [2.24, 2.45) is 0 Å². The quantitative estimate of drug-likeness (QED) is 0.358. The number of rotatable bonds is 6. The van der Waals surface area contributed by atoms with E-state index in [9.17, 15) is 16.8 Å². The highest BCUT2D eigenvalue weighted by atomic mass is 32.2. The molecule has 1 saturated heterocycles. The minimum absolute atomic E-state index is 0.221. The Morgan fingerprint density at radius 1 is 0.973 bits per heavy atom. The van der Waals surface area contributed by atoms with Crippen molar-refractivity contribution in [2.75, 3.05) is 31.3 Å². The number of nitrogens with two attached hydrogens (primary N) is 1. The van der Waals surface area contributed by atoms with Crippen LogP contribution in [0.1, 0.15) is 35.6 Å². The first-order chi connectivity index (χ1) is 17.5. The Morgan fingerprint density at radius 3 is 2.43 bits per heavy atom. The summed E-state index contributed by atoms with van der Waals surface area (Å²) in [7, 11) is -6.48. The zero-order chi connectivity index (χ0) is 26.4. The van der Waals surface area contributed by atoms with Gasteiger partial charge < -0.3 is 10.7 Å². The average molecular weight is 539 g/mol. The van der Waals surface area contributed by atoms with Crippen molar-refractivity contribution in [1.29, 1.82) is 0 Å². The molecule has 1 aliphatic rings. The fourth-order valence-electron chi connectivity index (χ4n) is 5.11. The second kappa shape index (κ2) is 9.59. The SMILES string of the molecule is CS(=O)(=O)c1cccc(Cc2ccc(N)cc2-c2ccnc3[nH]c(C4CCN(S(C)(=O)=O)CC4)cc23)c1. The number of nitrogens with zero attached hydrogens (tertiary/aromatic N) is 2. The van der Waals surface area contributed by atoms with Gasteiger partial charge in [0, 0.05) is 48.2 Å². The van der Waals surface area contributed by atoms with E-state index in [-0.39, 0.29) is 5.92 Å². The second-order valence-corrected chi connectivity index (χ2v) is 13.8. The van der Waals surface area contributed by atoms with Gasteiger partial charge in [-0.25, -0.2) is 26.1 Å². The zero-order valence-corrected chi connectivity index (χ0v) is 22.4. The molecule has 0 atom stereocenters. The summed E-state index contributed by atoms with van der Waals surface area (Å²) in [6.07, 6.45) is 6.27. The van der Waals surface area contributed by atoms with Crippen LogP contribution in [0.2, 0.25) is 0 Å². The van der Waals surface area contributed by atoms with Gasteiger partial charge in [-0.2, -0.15) is 0 Å². The lowest BCUT2D eigenvalue weighted by atomic mass is 9.92. The fourth-order valence-corrected chi connectivity index (χ4v) is 6.67. The van der Waals surface area contributed by atoms with Gasteiger partial charge in [-0.15, -0.1) is 0 Å². The standard InChI is InChI=1S/C27H30N4O4S2/c1-36(32,33)22-5-3-4-18(15-22)14-20-6-7-21(28)16-24(20)23-8-11-29-27-25(23)17-26(30-27)19-9-12-31(13-10-19)37(2,34)35/h3-8,11,15-17,19H,9-10,12-14,28H2,1-2H3,(H,29,30). The molecule has 37 heavy (non-hydrogen) atoms. The topological polar surface area (TPSA) is 126 Å². The van der Waals surface area contributed by atoms with Crippen LogP contribution in [-0.4, -0.2) is 56.7 Å². The van der Waals surface area contributed by atoms with E-state index in [1.165, 1.54) is 16.8 Å². The number of aromatic nitrogens is 2. The molecule has 3 heterocycles. The van der Waals surface area contributed by atoms with Crippen LogP contribution in [0, 0.1) is 0 Å². The summed E-state index contributed by atoms with van der Waals surface area (Å²) in [6.45, 7) is 1.01. The van der Waals surface area contributed by atoms with Gasteiger partial charge in [0.05, 0.1) is 11.2 Å². The molecule has 0 aliphatic carbocycles. The Balaban J connectivity index is 1.51. The van der Waals surface area contributed by atoms with E-state index in [1.54, 1.807) is 24.4 Å². The zero-order valence-electron chi connectivity index (χ0n) is 20.8. The summed E-state index contributed by atoms with van der Waals surface area (Å²) in [5.74, 6) is 0.221. The monoisotopic (exact) mass is 538 g/mol. The van der Waals surface area contributed by atoms with Crippen LogP contribution in [0.4, 0.5) is 5.69 Å². The van der Waals surface area contributed by atoms with E-state index in [0.29, 0.717) is 30.1 Å². The maximum absolute atomic E-state index is 12.1. The summed E-state index contributed by atoms with van der Waals surface area (Å²) in [6, 6.07) is 16.9. The van der Waals surface area contributed by atoms with E-state index in [4.69, 9.17) is 5.73 Å². The first-order valence-corrected chi connectivity index (χ1v) is 15.8. The van der Waals surface area contributed by atoms with E-state index >= 15 is 0 Å². The number of nitrogen functional groups attached to an aromatic ring is 1. The number of pyridine rings is 1. The molecule has 0 bridgehead atoms. The summed E-state index contributed by atoms with van der Waals surface area (Å²) < 4.78 is 49.4.